The first-order valence-electron chi connectivity index (χ1n) is 6.89. The van der Waals surface area contributed by atoms with Crippen molar-refractivity contribution in [3.8, 4) is 10.6 Å². The van der Waals surface area contributed by atoms with Crippen molar-refractivity contribution in [3.63, 3.8) is 0 Å². The van der Waals surface area contributed by atoms with Crippen molar-refractivity contribution in [2.45, 2.75) is 13.3 Å². The molecular weight excluding hydrogens is 298 g/mol. The van der Waals surface area contributed by atoms with Crippen LogP contribution in [0.4, 0.5) is 5.82 Å². The van der Waals surface area contributed by atoms with Crippen molar-refractivity contribution in [2.24, 2.45) is 0 Å². The fraction of sp³-hybridized carbons (Fsp3) is 0.200. The lowest BCUT2D eigenvalue weighted by Gasteiger charge is -2.05. The van der Waals surface area contributed by atoms with Gasteiger partial charge in [-0.1, -0.05) is 30.3 Å². The normalized spacial score (nSPS) is 10.6. The first-order chi connectivity index (χ1) is 10.7. The van der Waals surface area contributed by atoms with Crippen LogP contribution in [0, 0.1) is 6.92 Å². The summed E-state index contributed by atoms with van der Waals surface area (Å²) in [6.45, 7) is 2.44. The molecule has 0 fully saturated rings. The van der Waals surface area contributed by atoms with Gasteiger partial charge in [-0.3, -0.25) is 0 Å². The third kappa shape index (κ3) is 3.37. The molecule has 0 aliphatic carbocycles. The van der Waals surface area contributed by atoms with Gasteiger partial charge < -0.3 is 5.32 Å². The van der Waals surface area contributed by atoms with E-state index in [0.717, 1.165) is 22.7 Å². The Balaban J connectivity index is 1.62. The van der Waals surface area contributed by atoms with E-state index in [4.69, 9.17) is 0 Å². The van der Waals surface area contributed by atoms with E-state index in [1.54, 1.807) is 18.3 Å². The minimum absolute atomic E-state index is 0.451. The lowest BCUT2D eigenvalue weighted by atomic mass is 10.2. The molecule has 22 heavy (non-hydrogen) atoms. The molecule has 3 rings (SSSR count). The highest BCUT2D eigenvalue weighted by Crippen LogP contribution is 2.23. The molecule has 0 radical (unpaired) electrons. The molecule has 7 heteroatoms. The largest absolute Gasteiger partial charge is 0.368 e. The van der Waals surface area contributed by atoms with Gasteiger partial charge in [-0.05, 0) is 6.92 Å². The zero-order chi connectivity index (χ0) is 15.4. The zero-order valence-electron chi connectivity index (χ0n) is 12.0. The number of nitrogens with one attached hydrogen (secondary N) is 2. The Hall–Kier alpha value is -2.54. The van der Waals surface area contributed by atoms with E-state index < -0.39 is 5.69 Å². The van der Waals surface area contributed by atoms with E-state index in [1.807, 2.05) is 18.2 Å². The van der Waals surface area contributed by atoms with Gasteiger partial charge in [-0.25, -0.2) is 14.9 Å². The summed E-state index contributed by atoms with van der Waals surface area (Å²) >= 11 is 1.63. The predicted molar refractivity (Wildman–Crippen MR) is 87.1 cm³/mol. The zero-order valence-corrected chi connectivity index (χ0v) is 12.9. The fourth-order valence-electron chi connectivity index (χ4n) is 2.00. The van der Waals surface area contributed by atoms with Crippen LogP contribution in [0.25, 0.3) is 10.6 Å². The van der Waals surface area contributed by atoms with Crippen molar-refractivity contribution in [3.05, 3.63) is 57.6 Å². The van der Waals surface area contributed by atoms with Crippen LogP contribution < -0.4 is 11.0 Å². The summed E-state index contributed by atoms with van der Waals surface area (Å²) in [7, 11) is 0. The van der Waals surface area contributed by atoms with E-state index in [-0.39, 0.29) is 0 Å². The molecule has 0 atom stereocenters. The molecule has 0 bridgehead atoms. The van der Waals surface area contributed by atoms with Crippen LogP contribution in [0.3, 0.4) is 0 Å². The van der Waals surface area contributed by atoms with E-state index in [9.17, 15) is 4.79 Å². The van der Waals surface area contributed by atoms with E-state index in [0.29, 0.717) is 18.1 Å². The number of hydrogen-bond acceptors (Lipinski definition) is 6. The molecule has 2 aromatic heterocycles. The van der Waals surface area contributed by atoms with Gasteiger partial charge in [-0.2, -0.15) is 10.1 Å². The van der Waals surface area contributed by atoms with Crippen molar-refractivity contribution in [1.82, 2.24) is 20.2 Å². The summed E-state index contributed by atoms with van der Waals surface area (Å²) in [6.07, 6.45) is 0.761. The monoisotopic (exact) mass is 313 g/mol. The van der Waals surface area contributed by atoms with Crippen LogP contribution in [0.5, 0.6) is 0 Å². The molecule has 0 amide bonds. The second-order valence-electron chi connectivity index (χ2n) is 4.76. The van der Waals surface area contributed by atoms with Crippen LogP contribution in [0.2, 0.25) is 0 Å². The maximum atomic E-state index is 11.2. The smallest absolute Gasteiger partial charge is 0.363 e. The summed E-state index contributed by atoms with van der Waals surface area (Å²) in [5.74, 6) is 0.516. The third-order valence-corrected chi connectivity index (χ3v) is 4.06. The van der Waals surface area contributed by atoms with E-state index in [1.165, 1.54) is 0 Å². The second-order valence-corrected chi connectivity index (χ2v) is 5.62. The molecule has 0 saturated carbocycles. The number of rotatable bonds is 5. The Morgan fingerprint density at radius 1 is 1.23 bits per heavy atom. The number of aryl methyl sites for hydroxylation is 1. The number of hydrogen-bond donors (Lipinski definition) is 2. The maximum absolute atomic E-state index is 11.2. The van der Waals surface area contributed by atoms with Gasteiger partial charge in [0, 0.05) is 23.9 Å². The summed E-state index contributed by atoms with van der Waals surface area (Å²) in [6, 6.07) is 10.1. The first kappa shape index (κ1) is 14.4. The molecular formula is C15H15N5OS. The van der Waals surface area contributed by atoms with Gasteiger partial charge in [0.15, 0.2) is 5.82 Å². The van der Waals surface area contributed by atoms with Crippen LogP contribution in [-0.4, -0.2) is 26.7 Å². The van der Waals surface area contributed by atoms with Crippen molar-refractivity contribution in [1.29, 1.82) is 0 Å². The lowest BCUT2D eigenvalue weighted by Crippen LogP contribution is -2.18. The summed E-state index contributed by atoms with van der Waals surface area (Å²) in [4.78, 5) is 19.6. The number of aromatic nitrogens is 4. The van der Waals surface area contributed by atoms with Gasteiger partial charge in [-0.15, -0.1) is 11.3 Å². The summed E-state index contributed by atoms with van der Waals surface area (Å²) in [5.41, 5.74) is 2.37. The number of aromatic amines is 1. The molecule has 112 valence electrons. The van der Waals surface area contributed by atoms with E-state index in [2.05, 4.69) is 43.0 Å². The van der Waals surface area contributed by atoms with Gasteiger partial charge in [0.1, 0.15) is 10.7 Å². The molecule has 2 heterocycles. The Kier molecular flexibility index (Phi) is 4.24. The number of anilines is 1. The predicted octanol–water partition coefficient (Wildman–Crippen LogP) is 2.25. The maximum Gasteiger partial charge on any atom is 0.363 e. The average molecular weight is 313 g/mol. The highest BCUT2D eigenvalue weighted by atomic mass is 32.1. The van der Waals surface area contributed by atoms with Crippen molar-refractivity contribution >= 4 is 17.2 Å². The van der Waals surface area contributed by atoms with Crippen molar-refractivity contribution in [2.75, 3.05) is 11.9 Å². The molecule has 0 spiro atoms. The quantitative estimate of drug-likeness (QED) is 0.755. The SMILES string of the molecule is Cc1n[nH]c(=O)nc1NCCc1csc(-c2ccccc2)n1. The molecule has 3 aromatic rings. The average Bonchev–Trinajstić information content (AvgIpc) is 3.00. The Morgan fingerprint density at radius 2 is 2.05 bits per heavy atom. The fourth-order valence-corrected chi connectivity index (χ4v) is 2.86. The van der Waals surface area contributed by atoms with Crippen LogP contribution in [-0.2, 0) is 6.42 Å². The Morgan fingerprint density at radius 3 is 2.86 bits per heavy atom. The first-order valence-corrected chi connectivity index (χ1v) is 7.77. The van der Waals surface area contributed by atoms with Gasteiger partial charge >= 0.3 is 5.69 Å². The van der Waals surface area contributed by atoms with Gasteiger partial charge in [0.25, 0.3) is 0 Å². The second kappa shape index (κ2) is 6.48. The molecule has 6 nitrogen and oxygen atoms in total. The van der Waals surface area contributed by atoms with Crippen LogP contribution in [0.1, 0.15) is 11.4 Å². The number of nitrogens with zero attached hydrogens (tertiary/aromatic N) is 3. The number of H-pyrrole nitrogens is 1. The Labute approximate surface area is 131 Å². The minimum Gasteiger partial charge on any atom is -0.368 e. The summed E-state index contributed by atoms with van der Waals surface area (Å²) in [5, 5.41) is 12.4. The van der Waals surface area contributed by atoms with Crippen LogP contribution in [0.15, 0.2) is 40.5 Å². The van der Waals surface area contributed by atoms with E-state index >= 15 is 0 Å². The number of thiazole rings is 1. The highest BCUT2D eigenvalue weighted by Gasteiger charge is 2.05. The molecule has 0 unspecified atom stereocenters. The molecule has 0 saturated heterocycles. The number of benzene rings is 1. The van der Waals surface area contributed by atoms with Gasteiger partial charge in [0.2, 0.25) is 0 Å². The molecule has 1 aromatic carbocycles. The molecule has 0 aliphatic heterocycles. The van der Waals surface area contributed by atoms with Crippen LogP contribution >= 0.6 is 11.3 Å². The minimum atomic E-state index is -0.451. The third-order valence-electron chi connectivity index (χ3n) is 3.12. The van der Waals surface area contributed by atoms with Crippen molar-refractivity contribution < 1.29 is 0 Å². The highest BCUT2D eigenvalue weighted by molar-refractivity contribution is 7.13. The Bertz CT molecular complexity index is 812. The van der Waals surface area contributed by atoms with Gasteiger partial charge in [0.05, 0.1) is 5.69 Å². The topological polar surface area (TPSA) is 83.6 Å². The molecule has 2 N–H and O–H groups in total. The molecule has 0 aliphatic rings. The standard InChI is InChI=1S/C15H15N5OS/c1-10-13(18-15(21)20-19-10)16-8-7-12-9-22-14(17-12)11-5-3-2-4-6-11/h2-6,9H,7-8H2,1H3,(H2,16,18,20,21). The summed E-state index contributed by atoms with van der Waals surface area (Å²) < 4.78 is 0. The lowest BCUT2D eigenvalue weighted by molar-refractivity contribution is 0.867.